The van der Waals surface area contributed by atoms with E-state index >= 15 is 0 Å². The van der Waals surface area contributed by atoms with Crippen molar-refractivity contribution < 1.29 is 48.7 Å². The Morgan fingerprint density at radius 3 is 1.12 bits per heavy atom. The Hall–Kier alpha value is -2.45. The quantitative estimate of drug-likeness (QED) is 0.126. The van der Waals surface area contributed by atoms with E-state index in [4.69, 9.17) is 0 Å². The monoisotopic (exact) mass is 898 g/mol. The minimum absolute atomic E-state index is 0. The van der Waals surface area contributed by atoms with E-state index in [1.54, 1.807) is 0 Å². The third-order valence-corrected chi connectivity index (χ3v) is 11.6. The zero-order valence-corrected chi connectivity index (χ0v) is 39.3. The zero-order valence-electron chi connectivity index (χ0n) is 34.2. The molecule has 0 saturated heterocycles. The van der Waals surface area contributed by atoms with Gasteiger partial charge in [0.1, 0.15) is 0 Å². The summed E-state index contributed by atoms with van der Waals surface area (Å²) in [6, 6.07) is 29.9. The van der Waals surface area contributed by atoms with Gasteiger partial charge >= 0.3 is 112 Å². The first kappa shape index (κ1) is 45.7. The van der Waals surface area contributed by atoms with Gasteiger partial charge in [0.2, 0.25) is 0 Å². The molecule has 0 bridgehead atoms. The number of halogens is 2. The Bertz CT molecular complexity index is 1860. The van der Waals surface area contributed by atoms with Crippen LogP contribution in [0.15, 0.2) is 97.1 Å². The molecule has 6 rings (SSSR count). The van der Waals surface area contributed by atoms with Crippen LogP contribution in [0.5, 0.6) is 0 Å². The summed E-state index contributed by atoms with van der Waals surface area (Å²) in [6.07, 6.45) is 10.0. The Balaban J connectivity index is 0.000000340. The molecular weight excluding hydrogens is 838 g/mol. The van der Waals surface area contributed by atoms with Crippen LogP contribution in [0, 0.1) is 19.9 Å². The Labute approximate surface area is 343 Å². The molecule has 0 fully saturated rings. The van der Waals surface area contributed by atoms with Crippen LogP contribution in [0.3, 0.4) is 0 Å². The third kappa shape index (κ3) is 11.5. The zero-order chi connectivity index (χ0) is 37.2. The average molecular weight is 898 g/mol. The second-order valence-electron chi connectivity index (χ2n) is 18.2. The summed E-state index contributed by atoms with van der Waals surface area (Å²) in [5.41, 5.74) is 11.8. The molecule has 5 aromatic rings. The van der Waals surface area contributed by atoms with Gasteiger partial charge in [-0.15, -0.1) is 46.2 Å². The maximum atomic E-state index is 2.99. The standard InChI is InChI=1S/C29H41.C15H14.C5H5.2ClH.Hf/c1-26(2,3)22-14-18-13-19-15-23(27(4,5)6)25(29(10,11)12)17-21(19)20(18)16-24(22)28(7,8)9;1-12-3-7-14(8-4-12)11-15-9-5-13(2)6-10-15;1-2-4-5-3-1;;;/h13-17H,1-12H3;3-10H,1-2H3;1-3H,4H2;2*1H;/q-1;;-1;;;+2/p-2. The molecule has 0 N–H and O–H groups in total. The number of hydrogen-bond acceptors (Lipinski definition) is 0. The van der Waals surface area contributed by atoms with Gasteiger partial charge in [0.25, 0.3) is 0 Å². The van der Waals surface area contributed by atoms with Crippen LogP contribution >= 0.6 is 0 Å². The van der Waals surface area contributed by atoms with Gasteiger partial charge in [-0.25, -0.2) is 12.2 Å². The van der Waals surface area contributed by atoms with Gasteiger partial charge in [0.15, 0.2) is 0 Å². The van der Waals surface area contributed by atoms with Gasteiger partial charge in [-0.05, 0) is 21.7 Å². The topological polar surface area (TPSA) is 0 Å². The summed E-state index contributed by atoms with van der Waals surface area (Å²) in [5.74, 6) is 0. The van der Waals surface area contributed by atoms with Crippen molar-refractivity contribution in [3.8, 4) is 0 Å². The van der Waals surface area contributed by atoms with E-state index in [0.717, 1.165) is 30.3 Å². The molecule has 0 radical (unpaired) electrons. The first-order chi connectivity index (χ1) is 23.1. The first-order valence-corrected chi connectivity index (χ1v) is 20.0. The van der Waals surface area contributed by atoms with Crippen molar-refractivity contribution in [1.82, 2.24) is 0 Å². The van der Waals surface area contributed by atoms with Gasteiger partial charge in [0, 0.05) is 0 Å². The molecule has 0 unspecified atom stereocenters. The summed E-state index contributed by atoms with van der Waals surface area (Å²) < 4.78 is 1.47. The maximum absolute atomic E-state index is 2.99. The van der Waals surface area contributed by atoms with E-state index in [1.807, 2.05) is 12.2 Å². The fraction of sp³-hybridized carbons (Fsp3) is 0.388. The van der Waals surface area contributed by atoms with Crippen molar-refractivity contribution >= 4 is 24.8 Å². The molecule has 0 atom stereocenters. The molecular formula is C49H60Cl2Hf-2. The molecule has 0 amide bonds. The summed E-state index contributed by atoms with van der Waals surface area (Å²) in [4.78, 5) is 0. The number of rotatable bonds is 2. The van der Waals surface area contributed by atoms with Gasteiger partial charge in [0.05, 0.1) is 0 Å². The summed E-state index contributed by atoms with van der Waals surface area (Å²) in [6.45, 7) is 32.3. The average Bonchev–Trinajstić information content (AvgIpc) is 3.71. The number of allylic oxidation sites excluding steroid dienone is 4. The smallest absolute Gasteiger partial charge is 0.109 e. The van der Waals surface area contributed by atoms with E-state index in [9.17, 15) is 0 Å². The van der Waals surface area contributed by atoms with Crippen LogP contribution < -0.4 is 24.8 Å². The Morgan fingerprint density at radius 2 is 0.865 bits per heavy atom. The molecule has 5 aromatic carbocycles. The van der Waals surface area contributed by atoms with Gasteiger partial charge in [-0.2, -0.15) is 6.08 Å². The van der Waals surface area contributed by atoms with E-state index < -0.39 is 0 Å². The first-order valence-electron chi connectivity index (χ1n) is 18.2. The van der Waals surface area contributed by atoms with E-state index in [-0.39, 0.29) is 46.5 Å². The Morgan fingerprint density at radius 1 is 0.538 bits per heavy atom. The fourth-order valence-corrected chi connectivity index (χ4v) is 7.73. The molecule has 276 valence electrons. The van der Waals surface area contributed by atoms with Crippen LogP contribution in [0.2, 0.25) is 0 Å². The van der Waals surface area contributed by atoms with Gasteiger partial charge < -0.3 is 24.8 Å². The fourth-order valence-electron chi connectivity index (χ4n) is 6.54. The maximum Gasteiger partial charge on any atom is -0.109 e. The van der Waals surface area contributed by atoms with Gasteiger partial charge in [-0.3, -0.25) is 6.08 Å². The molecule has 0 spiro atoms. The molecule has 0 aliphatic heterocycles. The van der Waals surface area contributed by atoms with Crippen molar-refractivity contribution in [1.29, 1.82) is 0 Å². The van der Waals surface area contributed by atoms with E-state index in [2.05, 4.69) is 188 Å². The minimum Gasteiger partial charge on any atom is -1.00 e. The van der Waals surface area contributed by atoms with Crippen molar-refractivity contribution in [3.05, 3.63) is 148 Å². The molecule has 0 aromatic heterocycles. The van der Waals surface area contributed by atoms with Crippen LogP contribution in [-0.2, 0) is 45.6 Å². The third-order valence-electron chi connectivity index (χ3n) is 9.48. The molecule has 0 heterocycles. The van der Waals surface area contributed by atoms with Crippen molar-refractivity contribution in [3.63, 3.8) is 0 Å². The normalized spacial score (nSPS) is 12.8. The molecule has 52 heavy (non-hydrogen) atoms. The number of hydrogen-bond donors (Lipinski definition) is 0. The predicted molar refractivity (Wildman–Crippen MR) is 219 cm³/mol. The molecule has 1 aliphatic carbocycles. The largest absolute Gasteiger partial charge is 1.00 e. The van der Waals surface area contributed by atoms with Crippen LogP contribution in [-0.4, -0.2) is 3.26 Å². The number of aryl methyl sites for hydroxylation is 2. The second-order valence-corrected chi connectivity index (χ2v) is 20.0. The number of benzene rings is 4. The van der Waals surface area contributed by atoms with Crippen LogP contribution in [0.25, 0.3) is 21.5 Å². The van der Waals surface area contributed by atoms with Crippen LogP contribution in [0.1, 0.15) is 134 Å². The summed E-state index contributed by atoms with van der Waals surface area (Å²) >= 11 is 1.08. The van der Waals surface area contributed by atoms with Gasteiger partial charge in [-0.1, -0.05) is 117 Å². The van der Waals surface area contributed by atoms with Crippen molar-refractivity contribution in [2.45, 2.75) is 125 Å². The predicted octanol–water partition coefficient (Wildman–Crippen LogP) is 7.63. The molecule has 1 aliphatic rings. The van der Waals surface area contributed by atoms with E-state index in [1.165, 1.54) is 69.3 Å². The molecule has 0 saturated carbocycles. The summed E-state index contributed by atoms with van der Waals surface area (Å²) in [5, 5.41) is 5.57. The van der Waals surface area contributed by atoms with Crippen molar-refractivity contribution in [2.24, 2.45) is 0 Å². The van der Waals surface area contributed by atoms with E-state index in [0.29, 0.717) is 0 Å². The SMILES string of the molecule is CC(C)(C)c1cc2[cH-]c3cc(C(C)(C)C)c(C(C)(C)C)cc3c2cc1C(C)(C)C.Cc1ccc([C](=[Hf+2])c2ccc(C)cc2)cc1.[C-]1=CC=CC1.[Cl-].[Cl-]. The molecule has 3 heteroatoms. The Kier molecular flexibility index (Phi) is 15.6. The van der Waals surface area contributed by atoms with Crippen LogP contribution in [0.4, 0.5) is 0 Å². The second kappa shape index (κ2) is 17.8. The number of fused-ring (bicyclic) bond motifs is 3. The summed E-state index contributed by atoms with van der Waals surface area (Å²) in [7, 11) is 0. The minimum atomic E-state index is 0. The van der Waals surface area contributed by atoms with Crippen molar-refractivity contribution in [2.75, 3.05) is 0 Å². The molecule has 0 nitrogen and oxygen atoms in total.